The Hall–Kier alpha value is -1.83. The number of rotatable bonds is 6. The van der Waals surface area contributed by atoms with Gasteiger partial charge in [-0.05, 0) is 49.1 Å². The summed E-state index contributed by atoms with van der Waals surface area (Å²) in [6.45, 7) is 5.75. The van der Waals surface area contributed by atoms with Crippen molar-refractivity contribution in [1.82, 2.24) is 15.6 Å². The number of halogens is 3. The fourth-order valence-electron chi connectivity index (χ4n) is 4.56. The number of nitrogens with zero attached hydrogens (tertiary/aromatic N) is 2. The van der Waals surface area contributed by atoms with Crippen molar-refractivity contribution < 1.29 is 18.0 Å². The van der Waals surface area contributed by atoms with Gasteiger partial charge in [0.1, 0.15) is 5.82 Å². The molecule has 1 saturated heterocycles. The predicted octanol–water partition coefficient (Wildman–Crippen LogP) is 3.07. The van der Waals surface area contributed by atoms with E-state index in [1.165, 1.54) is 6.07 Å². The van der Waals surface area contributed by atoms with Gasteiger partial charge in [0.2, 0.25) is 5.91 Å². The molecule has 28 heavy (non-hydrogen) atoms. The first-order valence-corrected chi connectivity index (χ1v) is 9.95. The van der Waals surface area contributed by atoms with Gasteiger partial charge in [-0.15, -0.1) is 0 Å². The number of nitrogens with one attached hydrogen (secondary N) is 2. The van der Waals surface area contributed by atoms with Gasteiger partial charge in [-0.2, -0.15) is 13.2 Å². The summed E-state index contributed by atoms with van der Waals surface area (Å²) in [5.41, 5.74) is -0.725. The first kappa shape index (κ1) is 20.9. The van der Waals surface area contributed by atoms with Crippen LogP contribution in [0.3, 0.4) is 0 Å². The van der Waals surface area contributed by atoms with E-state index in [1.54, 1.807) is 7.05 Å². The molecule has 1 aliphatic heterocycles. The van der Waals surface area contributed by atoms with E-state index in [4.69, 9.17) is 0 Å². The van der Waals surface area contributed by atoms with Crippen molar-refractivity contribution in [2.24, 2.45) is 17.8 Å². The molecule has 0 unspecified atom stereocenters. The maximum Gasteiger partial charge on any atom is 0.417 e. The Bertz CT molecular complexity index is 677. The molecule has 0 bridgehead atoms. The monoisotopic (exact) mass is 398 g/mol. The van der Waals surface area contributed by atoms with E-state index in [1.807, 2.05) is 0 Å². The molecule has 2 fully saturated rings. The molecular weight excluding hydrogens is 369 g/mol. The van der Waals surface area contributed by atoms with E-state index < -0.39 is 11.7 Å². The number of carbonyl (C=O) groups excluding carboxylic acids is 1. The van der Waals surface area contributed by atoms with E-state index in [2.05, 4.69) is 34.4 Å². The average molecular weight is 398 g/mol. The fourth-order valence-corrected chi connectivity index (χ4v) is 4.56. The lowest BCUT2D eigenvalue weighted by atomic mass is 9.95. The van der Waals surface area contributed by atoms with Gasteiger partial charge < -0.3 is 15.5 Å². The van der Waals surface area contributed by atoms with Crippen molar-refractivity contribution in [1.29, 1.82) is 0 Å². The van der Waals surface area contributed by atoms with Gasteiger partial charge in [0, 0.05) is 32.4 Å². The Morgan fingerprint density at radius 3 is 2.61 bits per heavy atom. The quantitative estimate of drug-likeness (QED) is 0.773. The summed E-state index contributed by atoms with van der Waals surface area (Å²) < 4.78 is 38.2. The molecule has 3 rings (SSSR count). The van der Waals surface area contributed by atoms with Crippen LogP contribution in [0.4, 0.5) is 19.0 Å². The van der Waals surface area contributed by atoms with Gasteiger partial charge in [-0.25, -0.2) is 4.98 Å². The van der Waals surface area contributed by atoms with Gasteiger partial charge in [-0.1, -0.05) is 13.8 Å². The van der Waals surface area contributed by atoms with Gasteiger partial charge in [0.25, 0.3) is 0 Å². The molecule has 156 valence electrons. The van der Waals surface area contributed by atoms with E-state index in [0.29, 0.717) is 23.6 Å². The van der Waals surface area contributed by atoms with Crippen molar-refractivity contribution in [2.75, 3.05) is 25.0 Å². The molecule has 0 spiro atoms. The van der Waals surface area contributed by atoms with Crippen LogP contribution in [0.1, 0.15) is 38.7 Å². The fraction of sp³-hybridized carbons (Fsp3) is 0.700. The van der Waals surface area contributed by atoms with E-state index in [0.717, 1.165) is 44.6 Å². The molecule has 2 aliphatic rings. The largest absolute Gasteiger partial charge is 0.417 e. The third kappa shape index (κ3) is 4.59. The molecule has 0 aromatic carbocycles. The van der Waals surface area contributed by atoms with E-state index >= 15 is 0 Å². The highest BCUT2D eigenvalue weighted by molar-refractivity contribution is 5.81. The second-order valence-electron chi connectivity index (χ2n) is 8.38. The number of alkyl halides is 3. The molecule has 2 N–H and O–H groups in total. The number of aromatic nitrogens is 1. The van der Waals surface area contributed by atoms with Gasteiger partial charge >= 0.3 is 6.18 Å². The topological polar surface area (TPSA) is 57.3 Å². The van der Waals surface area contributed by atoms with Crippen molar-refractivity contribution in [3.05, 3.63) is 23.9 Å². The van der Waals surface area contributed by atoms with Gasteiger partial charge in [-0.3, -0.25) is 4.79 Å². The number of anilines is 1. The second-order valence-corrected chi connectivity index (χ2v) is 8.38. The summed E-state index contributed by atoms with van der Waals surface area (Å²) in [5.74, 6) is 1.86. The summed E-state index contributed by atoms with van der Waals surface area (Å²) in [7, 11) is 1.66. The zero-order valence-corrected chi connectivity index (χ0v) is 16.6. The van der Waals surface area contributed by atoms with Gasteiger partial charge in [0.15, 0.2) is 0 Å². The lowest BCUT2D eigenvalue weighted by Crippen LogP contribution is -2.50. The number of carbonyl (C=O) groups is 1. The molecule has 5 nitrogen and oxygen atoms in total. The number of amides is 1. The highest BCUT2D eigenvalue weighted by atomic mass is 19.4. The standard InChI is InChI=1S/C20H29F3N4O/c1-12(2)8-17(19(28)24-3)26-16-6-4-13-10-27(11-15(13)16)18-7-5-14(9-25-18)20(21,22)23/h5,7,9,12-13,15-17,26H,4,6,8,10-11H2,1-3H3,(H,24,28)/t13-,15+,16+,17-/m0/s1. The highest BCUT2D eigenvalue weighted by Gasteiger charge is 2.44. The van der Waals surface area contributed by atoms with Crippen LogP contribution in [0.25, 0.3) is 0 Å². The number of fused-ring (bicyclic) bond motifs is 1. The number of likely N-dealkylation sites (N-methyl/N-ethyl adjacent to an activating group) is 1. The first-order valence-electron chi connectivity index (χ1n) is 9.95. The smallest absolute Gasteiger partial charge is 0.358 e. The molecule has 1 aliphatic carbocycles. The SMILES string of the molecule is CNC(=O)[C@H](CC(C)C)N[C@@H]1CC[C@H]2CN(c3ccc(C(F)(F)F)cn3)C[C@H]21. The molecule has 4 atom stereocenters. The maximum absolute atomic E-state index is 12.7. The third-order valence-electron chi connectivity index (χ3n) is 5.94. The first-order chi connectivity index (χ1) is 13.2. The zero-order valence-electron chi connectivity index (χ0n) is 16.6. The van der Waals surface area contributed by atoms with Crippen LogP contribution in [0.15, 0.2) is 18.3 Å². The Balaban J connectivity index is 1.65. The summed E-state index contributed by atoms with van der Waals surface area (Å²) >= 11 is 0. The Morgan fingerprint density at radius 2 is 2.04 bits per heavy atom. The minimum absolute atomic E-state index is 0.0106. The lowest BCUT2D eigenvalue weighted by molar-refractivity contribution is -0.137. The van der Waals surface area contributed by atoms with Crippen LogP contribution in [-0.2, 0) is 11.0 Å². The third-order valence-corrected chi connectivity index (χ3v) is 5.94. The van der Waals surface area contributed by atoms with Crippen molar-refractivity contribution in [3.63, 3.8) is 0 Å². The van der Waals surface area contributed by atoms with Crippen molar-refractivity contribution in [3.8, 4) is 0 Å². The minimum Gasteiger partial charge on any atom is -0.358 e. The Kier molecular flexibility index (Phi) is 6.17. The van der Waals surface area contributed by atoms with E-state index in [9.17, 15) is 18.0 Å². The second kappa shape index (κ2) is 8.27. The molecule has 1 amide bonds. The van der Waals surface area contributed by atoms with Gasteiger partial charge in [0.05, 0.1) is 11.6 Å². The maximum atomic E-state index is 12.7. The number of hydrogen-bond donors (Lipinski definition) is 2. The predicted molar refractivity (Wildman–Crippen MR) is 102 cm³/mol. The molecular formula is C20H29F3N4O. The minimum atomic E-state index is -4.37. The zero-order chi connectivity index (χ0) is 20.5. The molecule has 1 aromatic heterocycles. The summed E-state index contributed by atoms with van der Waals surface area (Å²) in [4.78, 5) is 18.4. The molecule has 0 radical (unpaired) electrons. The highest BCUT2D eigenvalue weighted by Crippen LogP contribution is 2.40. The Labute approximate surface area is 164 Å². The summed E-state index contributed by atoms with van der Waals surface area (Å²) in [6.07, 6.45) is -0.606. The number of hydrogen-bond acceptors (Lipinski definition) is 4. The van der Waals surface area contributed by atoms with Crippen molar-refractivity contribution in [2.45, 2.75) is 51.4 Å². The van der Waals surface area contributed by atoms with Crippen LogP contribution in [0, 0.1) is 17.8 Å². The van der Waals surface area contributed by atoms with Crippen LogP contribution in [0.5, 0.6) is 0 Å². The number of pyridine rings is 1. The lowest BCUT2D eigenvalue weighted by Gasteiger charge is -2.27. The Morgan fingerprint density at radius 1 is 1.29 bits per heavy atom. The average Bonchev–Trinajstić information content (AvgIpc) is 3.21. The normalized spacial score (nSPS) is 25.8. The van der Waals surface area contributed by atoms with Crippen molar-refractivity contribution >= 4 is 11.7 Å². The van der Waals surface area contributed by atoms with E-state index in [-0.39, 0.29) is 18.0 Å². The molecule has 1 aromatic rings. The van der Waals surface area contributed by atoms with Crippen LogP contribution >= 0.6 is 0 Å². The molecule has 2 heterocycles. The molecule has 1 saturated carbocycles. The van der Waals surface area contributed by atoms with Crippen LogP contribution in [0.2, 0.25) is 0 Å². The van der Waals surface area contributed by atoms with Crippen LogP contribution < -0.4 is 15.5 Å². The molecule has 8 heteroatoms. The summed E-state index contributed by atoms with van der Waals surface area (Å²) in [6, 6.07) is 2.58. The summed E-state index contributed by atoms with van der Waals surface area (Å²) in [5, 5.41) is 6.30. The van der Waals surface area contributed by atoms with Crippen LogP contribution in [-0.4, -0.2) is 43.1 Å².